The van der Waals surface area contributed by atoms with Gasteiger partial charge in [0.1, 0.15) is 5.88 Å². The number of hydrogen-bond donors (Lipinski definition) is 1. The Kier molecular flexibility index (Phi) is 6.71. The molecule has 1 aliphatic rings. The zero-order valence-corrected chi connectivity index (χ0v) is 14.4. The van der Waals surface area contributed by atoms with Crippen LogP contribution in [0.3, 0.4) is 0 Å². The second kappa shape index (κ2) is 8.54. The van der Waals surface area contributed by atoms with E-state index in [0.717, 1.165) is 32.2 Å². The van der Waals surface area contributed by atoms with Gasteiger partial charge in [-0.05, 0) is 45.1 Å². The Hall–Kier alpha value is -1.06. The Morgan fingerprint density at radius 2 is 1.86 bits per heavy atom. The summed E-state index contributed by atoms with van der Waals surface area (Å²) in [5.74, 6) is 0.0154. The molecule has 1 amide bonds. The molecule has 1 fully saturated rings. The van der Waals surface area contributed by atoms with Crippen molar-refractivity contribution in [2.24, 2.45) is 0 Å². The second-order valence-corrected chi connectivity index (χ2v) is 6.73. The molecule has 1 N–H and O–H groups in total. The van der Waals surface area contributed by atoms with Gasteiger partial charge in [0, 0.05) is 24.7 Å². The van der Waals surface area contributed by atoms with Gasteiger partial charge in [-0.2, -0.15) is 0 Å². The third-order valence-electron chi connectivity index (χ3n) is 4.52. The number of alkyl halides is 1. The fraction of sp³-hybridized carbons (Fsp3) is 0.611. The van der Waals surface area contributed by atoms with E-state index in [9.17, 15) is 4.79 Å². The SMILES string of the molecule is CC(C)N(Cc1ccccc1)C1CCC(NC(=O)CCl)CC1. The summed E-state index contributed by atoms with van der Waals surface area (Å²) < 4.78 is 0. The zero-order valence-electron chi connectivity index (χ0n) is 13.6. The molecule has 0 unspecified atom stereocenters. The van der Waals surface area contributed by atoms with Crippen molar-refractivity contribution in [3.63, 3.8) is 0 Å². The van der Waals surface area contributed by atoms with Crippen molar-refractivity contribution in [1.29, 1.82) is 0 Å². The lowest BCUT2D eigenvalue weighted by atomic mass is 9.89. The van der Waals surface area contributed by atoms with Crippen LogP contribution in [0.4, 0.5) is 0 Å². The molecule has 3 nitrogen and oxygen atoms in total. The Labute approximate surface area is 139 Å². The minimum atomic E-state index is -0.0462. The number of nitrogens with zero attached hydrogens (tertiary/aromatic N) is 1. The molecular weight excluding hydrogens is 296 g/mol. The van der Waals surface area contributed by atoms with E-state index in [1.54, 1.807) is 0 Å². The summed E-state index contributed by atoms with van der Waals surface area (Å²) in [6.45, 7) is 5.54. The Balaban J connectivity index is 1.90. The van der Waals surface area contributed by atoms with E-state index in [0.29, 0.717) is 18.1 Å². The van der Waals surface area contributed by atoms with Crippen LogP contribution in [0, 0.1) is 0 Å². The van der Waals surface area contributed by atoms with Crippen LogP contribution in [-0.4, -0.2) is 34.8 Å². The zero-order chi connectivity index (χ0) is 15.9. The highest BCUT2D eigenvalue weighted by Gasteiger charge is 2.27. The maximum Gasteiger partial charge on any atom is 0.235 e. The van der Waals surface area contributed by atoms with Crippen LogP contribution in [0.2, 0.25) is 0 Å². The number of carbonyl (C=O) groups excluding carboxylic acids is 1. The average molecular weight is 323 g/mol. The lowest BCUT2D eigenvalue weighted by Gasteiger charge is -2.39. The number of benzene rings is 1. The Bertz CT molecular complexity index is 455. The van der Waals surface area contributed by atoms with E-state index in [-0.39, 0.29) is 11.8 Å². The van der Waals surface area contributed by atoms with Gasteiger partial charge in [-0.3, -0.25) is 9.69 Å². The third kappa shape index (κ3) is 4.99. The fourth-order valence-electron chi connectivity index (χ4n) is 3.35. The molecule has 2 rings (SSSR count). The first kappa shape index (κ1) is 17.3. The van der Waals surface area contributed by atoms with Crippen LogP contribution < -0.4 is 5.32 Å². The minimum absolute atomic E-state index is 0.0462. The highest BCUT2D eigenvalue weighted by atomic mass is 35.5. The van der Waals surface area contributed by atoms with E-state index >= 15 is 0 Å². The van der Waals surface area contributed by atoms with Gasteiger partial charge in [-0.25, -0.2) is 0 Å². The van der Waals surface area contributed by atoms with Gasteiger partial charge in [0.15, 0.2) is 0 Å². The van der Waals surface area contributed by atoms with Crippen molar-refractivity contribution >= 4 is 17.5 Å². The van der Waals surface area contributed by atoms with Crippen LogP contribution in [0.1, 0.15) is 45.1 Å². The summed E-state index contributed by atoms with van der Waals surface area (Å²) in [6, 6.07) is 12.1. The summed E-state index contributed by atoms with van der Waals surface area (Å²) in [5, 5.41) is 3.02. The normalized spacial score (nSPS) is 22.0. The molecule has 0 radical (unpaired) electrons. The molecule has 1 aliphatic carbocycles. The first-order valence-corrected chi connectivity index (χ1v) is 8.78. The predicted molar refractivity (Wildman–Crippen MR) is 92.0 cm³/mol. The minimum Gasteiger partial charge on any atom is -0.352 e. The van der Waals surface area contributed by atoms with Gasteiger partial charge in [0.05, 0.1) is 0 Å². The fourth-order valence-corrected chi connectivity index (χ4v) is 3.42. The predicted octanol–water partition coefficient (Wildman–Crippen LogP) is 3.56. The summed E-state index contributed by atoms with van der Waals surface area (Å²) >= 11 is 5.56. The number of amides is 1. The van der Waals surface area contributed by atoms with Crippen LogP contribution in [0.5, 0.6) is 0 Å². The molecule has 1 aromatic rings. The van der Waals surface area contributed by atoms with Gasteiger partial charge >= 0.3 is 0 Å². The third-order valence-corrected chi connectivity index (χ3v) is 4.77. The Morgan fingerprint density at radius 1 is 1.23 bits per heavy atom. The molecule has 0 bridgehead atoms. The topological polar surface area (TPSA) is 32.3 Å². The van der Waals surface area contributed by atoms with E-state index in [2.05, 4.69) is 54.4 Å². The molecule has 0 aromatic heterocycles. The molecule has 0 aliphatic heterocycles. The first-order chi connectivity index (χ1) is 10.6. The number of rotatable bonds is 6. The van der Waals surface area contributed by atoms with Crippen molar-refractivity contribution in [2.45, 2.75) is 64.2 Å². The van der Waals surface area contributed by atoms with Crippen LogP contribution >= 0.6 is 11.6 Å². The van der Waals surface area contributed by atoms with E-state index < -0.39 is 0 Å². The van der Waals surface area contributed by atoms with Crippen LogP contribution in [-0.2, 0) is 11.3 Å². The van der Waals surface area contributed by atoms with Crippen LogP contribution in [0.25, 0.3) is 0 Å². The lowest BCUT2D eigenvalue weighted by Crippen LogP contribution is -2.46. The van der Waals surface area contributed by atoms with Gasteiger partial charge in [0.2, 0.25) is 5.91 Å². The second-order valence-electron chi connectivity index (χ2n) is 6.46. The first-order valence-electron chi connectivity index (χ1n) is 8.25. The van der Waals surface area contributed by atoms with Crippen molar-refractivity contribution in [2.75, 3.05) is 5.88 Å². The number of hydrogen-bond acceptors (Lipinski definition) is 2. The molecule has 0 saturated heterocycles. The van der Waals surface area contributed by atoms with Gasteiger partial charge in [-0.15, -0.1) is 11.6 Å². The number of halogens is 1. The number of carbonyl (C=O) groups is 1. The van der Waals surface area contributed by atoms with E-state index in [1.165, 1.54) is 5.56 Å². The smallest absolute Gasteiger partial charge is 0.235 e. The quantitative estimate of drug-likeness (QED) is 0.812. The standard InChI is InChI=1S/C18H27ClN2O/c1-14(2)21(13-15-6-4-3-5-7-15)17-10-8-16(9-11-17)20-18(22)12-19/h3-7,14,16-17H,8-13H2,1-2H3,(H,20,22). The van der Waals surface area contributed by atoms with Crippen molar-refractivity contribution in [3.8, 4) is 0 Å². The molecule has 1 aromatic carbocycles. The molecule has 122 valence electrons. The molecule has 22 heavy (non-hydrogen) atoms. The van der Waals surface area contributed by atoms with Gasteiger partial charge in [0.25, 0.3) is 0 Å². The van der Waals surface area contributed by atoms with Gasteiger partial charge in [-0.1, -0.05) is 30.3 Å². The highest BCUT2D eigenvalue weighted by molar-refractivity contribution is 6.27. The molecule has 0 spiro atoms. The molecular formula is C18H27ClN2O. The number of nitrogens with one attached hydrogen (secondary N) is 1. The van der Waals surface area contributed by atoms with Crippen molar-refractivity contribution < 1.29 is 4.79 Å². The largest absolute Gasteiger partial charge is 0.352 e. The summed E-state index contributed by atoms with van der Waals surface area (Å²) in [7, 11) is 0. The van der Waals surface area contributed by atoms with Crippen LogP contribution in [0.15, 0.2) is 30.3 Å². The molecule has 1 saturated carbocycles. The van der Waals surface area contributed by atoms with Crippen molar-refractivity contribution in [1.82, 2.24) is 10.2 Å². The van der Waals surface area contributed by atoms with E-state index in [1.807, 2.05) is 0 Å². The average Bonchev–Trinajstić information content (AvgIpc) is 2.54. The van der Waals surface area contributed by atoms with E-state index in [4.69, 9.17) is 11.6 Å². The molecule has 0 atom stereocenters. The Morgan fingerprint density at radius 3 is 2.41 bits per heavy atom. The van der Waals surface area contributed by atoms with Gasteiger partial charge < -0.3 is 5.32 Å². The van der Waals surface area contributed by atoms with Crippen molar-refractivity contribution in [3.05, 3.63) is 35.9 Å². The lowest BCUT2D eigenvalue weighted by molar-refractivity contribution is -0.119. The maximum absolute atomic E-state index is 11.4. The summed E-state index contributed by atoms with van der Waals surface area (Å²) in [6.07, 6.45) is 4.37. The molecule has 4 heteroatoms. The summed E-state index contributed by atoms with van der Waals surface area (Å²) in [4.78, 5) is 14.0. The highest BCUT2D eigenvalue weighted by Crippen LogP contribution is 2.26. The monoisotopic (exact) mass is 322 g/mol. The maximum atomic E-state index is 11.4. The summed E-state index contributed by atoms with van der Waals surface area (Å²) in [5.41, 5.74) is 1.37. The molecule has 0 heterocycles.